The second-order valence-corrected chi connectivity index (χ2v) is 20.1. The molecule has 0 atom stereocenters. The van der Waals surface area contributed by atoms with Crippen molar-refractivity contribution in [3.8, 4) is 0 Å². The van der Waals surface area contributed by atoms with Crippen LogP contribution in [0.1, 0.15) is 174 Å². The Morgan fingerprint density at radius 1 is 0.203 bits per heavy atom. The molecule has 13 amide bonds. The molecule has 13 N–H and O–H groups in total. The molecule has 0 bridgehead atoms. The average molecular weight is 1120 g/mol. The Balaban J connectivity index is 7.96. The molecular weight excluding hydrogens is 1030 g/mol. The van der Waals surface area contributed by atoms with Crippen molar-refractivity contribution < 1.29 is 62.3 Å². The van der Waals surface area contributed by atoms with Crippen molar-refractivity contribution in [2.24, 2.45) is 0 Å². The first-order valence-corrected chi connectivity index (χ1v) is 27.4. The number of rotatable bonds is 42. The third-order valence-corrected chi connectivity index (χ3v) is 14.6. The molecule has 26 heteroatoms. The standard InChI is InChI=1S/C53H95N13O13/c1-11-12-46(76)63-53(34-22-47(77)64-50(25-13-37(67)54-2,26-14-38(68)55-3)27-15-39(69)56-4,35-23-48(78)65-51(28-16-40(70)57-5,29-17-41(71)58-6)30-18-42(72)59-7)36-24-49(79)66-52(31-19-43(73)60-8,32-20-44(74)61-9)33-21-45(75)62-10/h11-36H2,1-10H3,(H,54,67)(H,55,68)(H,56,69)(H,57,70)(H,58,71)(H,59,72)(H,60,73)(H,61,74)(H,62,75)(H,63,76)(H,64,77)(H,65,78)(H,66,79). The van der Waals surface area contributed by atoms with E-state index in [1.165, 1.54) is 63.4 Å². The van der Waals surface area contributed by atoms with Gasteiger partial charge in [0.1, 0.15) is 0 Å². The molecule has 450 valence electrons. The zero-order valence-electron chi connectivity index (χ0n) is 48.7. The van der Waals surface area contributed by atoms with Gasteiger partial charge in [-0.05, 0) is 83.5 Å². The molecule has 79 heavy (non-hydrogen) atoms. The van der Waals surface area contributed by atoms with Gasteiger partial charge in [0, 0.05) is 169 Å². The highest BCUT2D eigenvalue weighted by molar-refractivity contribution is 5.84. The van der Waals surface area contributed by atoms with E-state index in [1.807, 2.05) is 0 Å². The highest BCUT2D eigenvalue weighted by Gasteiger charge is 2.40. The smallest absolute Gasteiger partial charge is 0.220 e. The number of amides is 13. The van der Waals surface area contributed by atoms with Crippen LogP contribution < -0.4 is 69.1 Å². The van der Waals surface area contributed by atoms with Crippen molar-refractivity contribution in [2.45, 2.75) is 196 Å². The Bertz CT molecular complexity index is 1690. The second-order valence-electron chi connectivity index (χ2n) is 20.1. The van der Waals surface area contributed by atoms with Gasteiger partial charge in [-0.15, -0.1) is 0 Å². The molecule has 0 saturated heterocycles. The first-order chi connectivity index (χ1) is 37.3. The summed E-state index contributed by atoms with van der Waals surface area (Å²) >= 11 is 0. The summed E-state index contributed by atoms with van der Waals surface area (Å²) in [5.41, 5.74) is -5.31. The Kier molecular flexibility index (Phi) is 35.3. The minimum Gasteiger partial charge on any atom is -0.359 e. The molecule has 0 aliphatic heterocycles. The van der Waals surface area contributed by atoms with Crippen LogP contribution in [0, 0.1) is 0 Å². The number of carbonyl (C=O) groups is 13. The van der Waals surface area contributed by atoms with Gasteiger partial charge in [-0.25, -0.2) is 0 Å². The summed E-state index contributed by atoms with van der Waals surface area (Å²) in [4.78, 5) is 171. The number of hydrogen-bond donors (Lipinski definition) is 13. The first-order valence-electron chi connectivity index (χ1n) is 27.4. The van der Waals surface area contributed by atoms with E-state index >= 15 is 0 Å². The van der Waals surface area contributed by atoms with E-state index in [1.54, 1.807) is 6.92 Å². The number of nitrogens with one attached hydrogen (secondary N) is 13. The Morgan fingerprint density at radius 2 is 0.316 bits per heavy atom. The van der Waals surface area contributed by atoms with Crippen LogP contribution in [-0.2, 0) is 62.3 Å². The van der Waals surface area contributed by atoms with E-state index < -0.39 is 45.8 Å². The Hall–Kier alpha value is -6.89. The van der Waals surface area contributed by atoms with Crippen molar-refractivity contribution in [3.63, 3.8) is 0 Å². The summed E-state index contributed by atoms with van der Waals surface area (Å²) in [5.74, 6) is -5.44. The molecule has 0 aliphatic carbocycles. The van der Waals surface area contributed by atoms with Crippen molar-refractivity contribution in [1.82, 2.24) is 69.1 Å². The summed E-state index contributed by atoms with van der Waals surface area (Å²) in [7, 11) is 13.1. The summed E-state index contributed by atoms with van der Waals surface area (Å²) in [6.07, 6.45) is -1.56. The summed E-state index contributed by atoms with van der Waals surface area (Å²) < 4.78 is 0. The van der Waals surface area contributed by atoms with E-state index in [-0.39, 0.29) is 214 Å². The fourth-order valence-electron chi connectivity index (χ4n) is 9.27. The minimum absolute atomic E-state index is 0.0110. The highest BCUT2D eigenvalue weighted by atomic mass is 16.2. The average Bonchev–Trinajstić information content (AvgIpc) is 3.45. The molecule has 0 spiro atoms. The van der Waals surface area contributed by atoms with Crippen LogP contribution in [0.4, 0.5) is 0 Å². The lowest BCUT2D eigenvalue weighted by atomic mass is 9.80. The summed E-state index contributed by atoms with van der Waals surface area (Å²) in [6.45, 7) is 1.78. The van der Waals surface area contributed by atoms with Gasteiger partial charge in [0.2, 0.25) is 76.8 Å². The molecule has 0 unspecified atom stereocenters. The van der Waals surface area contributed by atoms with Crippen molar-refractivity contribution in [1.29, 1.82) is 0 Å². The normalized spacial score (nSPS) is 11.4. The molecule has 26 nitrogen and oxygen atoms in total. The lowest BCUT2D eigenvalue weighted by Gasteiger charge is -2.39. The van der Waals surface area contributed by atoms with Crippen LogP contribution in [0.5, 0.6) is 0 Å². The van der Waals surface area contributed by atoms with Gasteiger partial charge in [0.15, 0.2) is 0 Å². The molecule has 0 radical (unpaired) electrons. The van der Waals surface area contributed by atoms with Crippen LogP contribution in [0.25, 0.3) is 0 Å². The monoisotopic (exact) mass is 1120 g/mol. The van der Waals surface area contributed by atoms with Crippen molar-refractivity contribution >= 4 is 76.8 Å². The van der Waals surface area contributed by atoms with Crippen molar-refractivity contribution in [3.05, 3.63) is 0 Å². The van der Waals surface area contributed by atoms with Crippen LogP contribution in [0.15, 0.2) is 0 Å². The van der Waals surface area contributed by atoms with Gasteiger partial charge in [0.25, 0.3) is 0 Å². The van der Waals surface area contributed by atoms with Gasteiger partial charge in [-0.2, -0.15) is 0 Å². The largest absolute Gasteiger partial charge is 0.359 e. The van der Waals surface area contributed by atoms with E-state index in [2.05, 4.69) is 69.1 Å². The molecule has 0 saturated carbocycles. The first kappa shape index (κ1) is 72.1. The van der Waals surface area contributed by atoms with Crippen LogP contribution in [-0.4, -0.2) is 162 Å². The molecular formula is C53H95N13O13. The SMILES string of the molecule is CCCC(=O)NC(CCC(=O)NC(CCC(=O)NC)(CCC(=O)NC)CCC(=O)NC)(CCC(=O)NC(CCC(=O)NC)(CCC(=O)NC)CCC(=O)NC)CCC(=O)NC(CCC(=O)NC)(CCC(=O)NC)CCC(=O)NC. The quantitative estimate of drug-likeness (QED) is 0.0360. The molecule has 0 aromatic rings. The Labute approximate surface area is 466 Å². The highest BCUT2D eigenvalue weighted by Crippen LogP contribution is 2.32. The third-order valence-electron chi connectivity index (χ3n) is 14.6. The van der Waals surface area contributed by atoms with Gasteiger partial charge in [0.05, 0.1) is 0 Å². The molecule has 0 rings (SSSR count). The topological polar surface area (TPSA) is 378 Å². The zero-order valence-corrected chi connectivity index (χ0v) is 48.7. The van der Waals surface area contributed by atoms with Crippen LogP contribution in [0.2, 0.25) is 0 Å². The maximum atomic E-state index is 14.5. The van der Waals surface area contributed by atoms with E-state index in [4.69, 9.17) is 0 Å². The van der Waals surface area contributed by atoms with Gasteiger partial charge in [-0.3, -0.25) is 62.3 Å². The van der Waals surface area contributed by atoms with E-state index in [0.717, 1.165) is 0 Å². The predicted octanol–water partition coefficient (Wildman–Crippen LogP) is -0.717. The molecule has 0 aromatic carbocycles. The molecule has 0 fully saturated rings. The molecule has 0 aromatic heterocycles. The maximum absolute atomic E-state index is 14.5. The van der Waals surface area contributed by atoms with Gasteiger partial charge in [-0.1, -0.05) is 6.92 Å². The third kappa shape index (κ3) is 30.2. The van der Waals surface area contributed by atoms with E-state index in [9.17, 15) is 62.3 Å². The number of hydrogen-bond acceptors (Lipinski definition) is 13. The van der Waals surface area contributed by atoms with Crippen LogP contribution >= 0.6 is 0 Å². The minimum atomic E-state index is -1.52. The Morgan fingerprint density at radius 3 is 0.430 bits per heavy atom. The molecule has 0 heterocycles. The predicted molar refractivity (Wildman–Crippen MR) is 296 cm³/mol. The summed E-state index contributed by atoms with van der Waals surface area (Å²) in [6, 6.07) is 0. The lowest BCUT2D eigenvalue weighted by Crippen LogP contribution is -2.54. The fraction of sp³-hybridized carbons (Fsp3) is 0.755. The van der Waals surface area contributed by atoms with Crippen molar-refractivity contribution in [2.75, 3.05) is 63.4 Å². The summed E-state index contributed by atoms with van der Waals surface area (Å²) in [5, 5.41) is 35.2. The van der Waals surface area contributed by atoms with E-state index in [0.29, 0.717) is 6.42 Å². The lowest BCUT2D eigenvalue weighted by molar-refractivity contribution is -0.129. The fourth-order valence-corrected chi connectivity index (χ4v) is 9.27. The second kappa shape index (κ2) is 38.6. The maximum Gasteiger partial charge on any atom is 0.220 e. The van der Waals surface area contributed by atoms with Crippen LogP contribution in [0.3, 0.4) is 0 Å². The van der Waals surface area contributed by atoms with Gasteiger partial charge >= 0.3 is 0 Å². The molecule has 0 aliphatic rings. The number of carbonyl (C=O) groups excluding carboxylic acids is 13. The van der Waals surface area contributed by atoms with Gasteiger partial charge < -0.3 is 69.1 Å². The zero-order chi connectivity index (χ0) is 60.1.